The molecule has 0 spiro atoms. The van der Waals surface area contributed by atoms with E-state index >= 15 is 0 Å². The number of nitrogens with one attached hydrogen (secondary N) is 1. The van der Waals surface area contributed by atoms with Crippen LogP contribution in [-0.4, -0.2) is 29.6 Å². The standard InChI is InChI=1S/C11H20N2O/c1-3-4-5-9-11(14)13(7-12-9)10-6-8(10)2/h8-10,12H,3-7H2,1-2H3. The molecule has 1 heterocycles. The summed E-state index contributed by atoms with van der Waals surface area (Å²) in [5.41, 5.74) is 0. The summed E-state index contributed by atoms with van der Waals surface area (Å²) in [6, 6.07) is 0.657. The van der Waals surface area contributed by atoms with E-state index in [-0.39, 0.29) is 6.04 Å². The van der Waals surface area contributed by atoms with Crippen molar-refractivity contribution in [2.45, 2.75) is 51.6 Å². The number of hydrogen-bond donors (Lipinski definition) is 1. The molecule has 1 aliphatic heterocycles. The Labute approximate surface area is 85.8 Å². The van der Waals surface area contributed by atoms with Gasteiger partial charge in [0, 0.05) is 6.04 Å². The Morgan fingerprint density at radius 1 is 1.57 bits per heavy atom. The van der Waals surface area contributed by atoms with E-state index in [9.17, 15) is 4.79 Å². The summed E-state index contributed by atoms with van der Waals surface area (Å²) < 4.78 is 0. The first-order valence-electron chi connectivity index (χ1n) is 5.78. The van der Waals surface area contributed by atoms with Crippen molar-refractivity contribution in [3.63, 3.8) is 0 Å². The molecular weight excluding hydrogens is 176 g/mol. The molecule has 0 radical (unpaired) electrons. The van der Waals surface area contributed by atoms with Gasteiger partial charge in [0.15, 0.2) is 0 Å². The molecule has 3 nitrogen and oxygen atoms in total. The molecule has 3 unspecified atom stereocenters. The fourth-order valence-corrected chi connectivity index (χ4v) is 2.23. The maximum atomic E-state index is 11.9. The number of hydrogen-bond acceptors (Lipinski definition) is 2. The predicted molar refractivity (Wildman–Crippen MR) is 55.7 cm³/mol. The number of carbonyl (C=O) groups excluding carboxylic acids is 1. The SMILES string of the molecule is CCCCC1NCN(C2CC2C)C1=O. The first-order chi connectivity index (χ1) is 6.74. The van der Waals surface area contributed by atoms with Crippen LogP contribution in [0.1, 0.15) is 39.5 Å². The minimum Gasteiger partial charge on any atom is -0.325 e. The summed E-state index contributed by atoms with van der Waals surface area (Å²) in [4.78, 5) is 13.9. The van der Waals surface area contributed by atoms with E-state index in [0.29, 0.717) is 11.9 Å². The number of unbranched alkanes of at least 4 members (excludes halogenated alkanes) is 1. The zero-order valence-electron chi connectivity index (χ0n) is 9.12. The summed E-state index contributed by atoms with van der Waals surface area (Å²) in [6.45, 7) is 5.17. The van der Waals surface area contributed by atoms with Crippen molar-refractivity contribution in [3.05, 3.63) is 0 Å². The van der Waals surface area contributed by atoms with Crippen LogP contribution in [0, 0.1) is 5.92 Å². The van der Waals surface area contributed by atoms with Crippen molar-refractivity contribution in [1.82, 2.24) is 10.2 Å². The van der Waals surface area contributed by atoms with Crippen molar-refractivity contribution in [3.8, 4) is 0 Å². The fourth-order valence-electron chi connectivity index (χ4n) is 2.23. The number of amides is 1. The lowest BCUT2D eigenvalue weighted by Gasteiger charge is -2.14. The summed E-state index contributed by atoms with van der Waals surface area (Å²) in [7, 11) is 0. The quantitative estimate of drug-likeness (QED) is 0.736. The molecule has 3 atom stereocenters. The second kappa shape index (κ2) is 3.89. The normalized spacial score (nSPS) is 36.6. The first kappa shape index (κ1) is 9.97. The number of nitrogens with zero attached hydrogens (tertiary/aromatic N) is 1. The second-order valence-corrected chi connectivity index (χ2v) is 4.65. The smallest absolute Gasteiger partial charge is 0.241 e. The molecular formula is C11H20N2O. The molecule has 1 saturated carbocycles. The lowest BCUT2D eigenvalue weighted by Crippen LogP contribution is -2.32. The van der Waals surface area contributed by atoms with Crippen molar-refractivity contribution in [2.75, 3.05) is 6.67 Å². The van der Waals surface area contributed by atoms with Crippen molar-refractivity contribution in [2.24, 2.45) is 5.92 Å². The maximum Gasteiger partial charge on any atom is 0.241 e. The highest BCUT2D eigenvalue weighted by molar-refractivity contribution is 5.84. The zero-order chi connectivity index (χ0) is 10.1. The van der Waals surface area contributed by atoms with Gasteiger partial charge in [-0.2, -0.15) is 0 Å². The number of rotatable bonds is 4. The van der Waals surface area contributed by atoms with Crippen molar-refractivity contribution < 1.29 is 4.79 Å². The van der Waals surface area contributed by atoms with Crippen LogP contribution < -0.4 is 5.32 Å². The van der Waals surface area contributed by atoms with Gasteiger partial charge in [0.2, 0.25) is 5.91 Å². The molecule has 14 heavy (non-hydrogen) atoms. The molecule has 2 rings (SSSR count). The summed E-state index contributed by atoms with van der Waals surface area (Å²) in [5.74, 6) is 1.07. The molecule has 1 saturated heterocycles. The average molecular weight is 196 g/mol. The summed E-state index contributed by atoms with van der Waals surface area (Å²) in [6.07, 6.45) is 4.53. The highest BCUT2D eigenvalue weighted by atomic mass is 16.2. The van der Waals surface area contributed by atoms with Crippen LogP contribution in [0.25, 0.3) is 0 Å². The maximum absolute atomic E-state index is 11.9. The largest absolute Gasteiger partial charge is 0.325 e. The summed E-state index contributed by atoms with van der Waals surface area (Å²) >= 11 is 0. The molecule has 80 valence electrons. The minimum atomic E-state index is 0.114. The van der Waals surface area contributed by atoms with Gasteiger partial charge in [-0.25, -0.2) is 0 Å². The van der Waals surface area contributed by atoms with Crippen LogP contribution in [0.4, 0.5) is 0 Å². The Morgan fingerprint density at radius 3 is 2.86 bits per heavy atom. The van der Waals surface area contributed by atoms with E-state index in [1.165, 1.54) is 12.8 Å². The van der Waals surface area contributed by atoms with E-state index < -0.39 is 0 Å². The second-order valence-electron chi connectivity index (χ2n) is 4.65. The average Bonchev–Trinajstić information content (AvgIpc) is 2.76. The van der Waals surface area contributed by atoms with Gasteiger partial charge < -0.3 is 4.90 Å². The van der Waals surface area contributed by atoms with Crippen LogP contribution in [-0.2, 0) is 4.79 Å². The first-order valence-corrected chi connectivity index (χ1v) is 5.78. The molecule has 2 fully saturated rings. The Hall–Kier alpha value is -0.570. The highest BCUT2D eigenvalue weighted by Crippen LogP contribution is 2.36. The Balaban J connectivity index is 1.84. The van der Waals surface area contributed by atoms with Gasteiger partial charge in [0.1, 0.15) is 0 Å². The lowest BCUT2D eigenvalue weighted by atomic mass is 10.1. The molecule has 0 bridgehead atoms. The summed E-state index contributed by atoms with van der Waals surface area (Å²) in [5, 5.41) is 3.31. The van der Waals surface area contributed by atoms with Gasteiger partial charge >= 0.3 is 0 Å². The van der Waals surface area contributed by atoms with E-state index in [1.54, 1.807) is 0 Å². The zero-order valence-corrected chi connectivity index (χ0v) is 9.12. The third-order valence-corrected chi connectivity index (χ3v) is 3.40. The van der Waals surface area contributed by atoms with E-state index in [0.717, 1.165) is 25.4 Å². The predicted octanol–water partition coefficient (Wildman–Crippen LogP) is 1.34. The van der Waals surface area contributed by atoms with E-state index in [2.05, 4.69) is 19.2 Å². The van der Waals surface area contributed by atoms with Crippen LogP contribution in [0.15, 0.2) is 0 Å². The van der Waals surface area contributed by atoms with E-state index in [4.69, 9.17) is 0 Å². The van der Waals surface area contributed by atoms with Crippen LogP contribution in [0.3, 0.4) is 0 Å². The van der Waals surface area contributed by atoms with Gasteiger partial charge in [0.25, 0.3) is 0 Å². The molecule has 0 aromatic rings. The molecule has 0 aromatic heterocycles. The van der Waals surface area contributed by atoms with Gasteiger partial charge in [-0.3, -0.25) is 10.1 Å². The van der Waals surface area contributed by atoms with Gasteiger partial charge in [-0.1, -0.05) is 26.7 Å². The van der Waals surface area contributed by atoms with Gasteiger partial charge in [-0.15, -0.1) is 0 Å². The molecule has 1 N–H and O–H groups in total. The Morgan fingerprint density at radius 2 is 2.29 bits per heavy atom. The van der Waals surface area contributed by atoms with Crippen molar-refractivity contribution in [1.29, 1.82) is 0 Å². The third-order valence-electron chi connectivity index (χ3n) is 3.40. The van der Waals surface area contributed by atoms with E-state index in [1.807, 2.05) is 4.90 Å². The Bertz CT molecular complexity index is 229. The topological polar surface area (TPSA) is 32.3 Å². The molecule has 1 amide bonds. The van der Waals surface area contributed by atoms with Crippen LogP contribution in [0.2, 0.25) is 0 Å². The molecule has 3 heteroatoms. The van der Waals surface area contributed by atoms with Crippen molar-refractivity contribution >= 4 is 5.91 Å². The van der Waals surface area contributed by atoms with Gasteiger partial charge in [0.05, 0.1) is 12.7 Å². The lowest BCUT2D eigenvalue weighted by molar-refractivity contribution is -0.129. The highest BCUT2D eigenvalue weighted by Gasteiger charge is 2.44. The van der Waals surface area contributed by atoms with Gasteiger partial charge in [-0.05, 0) is 18.8 Å². The van der Waals surface area contributed by atoms with Crippen LogP contribution >= 0.6 is 0 Å². The molecule has 0 aromatic carbocycles. The Kier molecular flexibility index (Phi) is 2.77. The fraction of sp³-hybridized carbons (Fsp3) is 0.909. The monoisotopic (exact) mass is 196 g/mol. The molecule has 1 aliphatic carbocycles. The third kappa shape index (κ3) is 1.78. The minimum absolute atomic E-state index is 0.114. The van der Waals surface area contributed by atoms with Crippen LogP contribution in [0.5, 0.6) is 0 Å². The number of carbonyl (C=O) groups is 1. The molecule has 2 aliphatic rings.